The molecule has 2 fully saturated rings. The summed E-state index contributed by atoms with van der Waals surface area (Å²) in [5, 5.41) is 22.2. The van der Waals surface area contributed by atoms with Crippen molar-refractivity contribution in [2.75, 3.05) is 27.8 Å². The van der Waals surface area contributed by atoms with Crippen molar-refractivity contribution in [1.29, 1.82) is 0 Å². The first kappa shape index (κ1) is 48.1. The molecule has 4 N–H and O–H groups in total. The lowest BCUT2D eigenvalue weighted by Gasteiger charge is -2.42. The van der Waals surface area contributed by atoms with Crippen molar-refractivity contribution in [3.8, 4) is 0 Å². The molecule has 0 saturated carbocycles. The van der Waals surface area contributed by atoms with E-state index in [0.717, 1.165) is 38.7 Å². The highest BCUT2D eigenvalue weighted by Crippen LogP contribution is 2.33. The maximum absolute atomic E-state index is 13.1. The number of nitrogens with zero attached hydrogens (tertiary/aromatic N) is 1. The molecule has 10 nitrogen and oxygen atoms in total. The minimum Gasteiger partial charge on any atom is -0.459 e. The third kappa shape index (κ3) is 17.0. The number of methoxy groups -OCH3 is 1. The van der Waals surface area contributed by atoms with Crippen LogP contribution in [0.1, 0.15) is 135 Å². The van der Waals surface area contributed by atoms with Gasteiger partial charge in [0.15, 0.2) is 6.29 Å². The number of rotatable bonds is 16. The second-order valence-corrected chi connectivity index (χ2v) is 16.0. The number of aliphatic hydroxyl groups is 2. The van der Waals surface area contributed by atoms with E-state index in [1.54, 1.807) is 21.0 Å². The van der Waals surface area contributed by atoms with Crippen LogP contribution in [0.25, 0.3) is 0 Å². The van der Waals surface area contributed by atoms with Gasteiger partial charge in [-0.05, 0) is 99.6 Å². The van der Waals surface area contributed by atoms with Crippen LogP contribution in [0.5, 0.6) is 0 Å². The second-order valence-electron chi connectivity index (χ2n) is 16.0. The monoisotopic (exact) mass is 705 g/mol. The van der Waals surface area contributed by atoms with E-state index in [1.165, 1.54) is 0 Å². The van der Waals surface area contributed by atoms with Gasteiger partial charge in [0, 0.05) is 44.6 Å². The third-order valence-electron chi connectivity index (χ3n) is 10.1. The number of carbonyl (C=O) groups is 1. The lowest BCUT2D eigenvalue weighted by Crippen LogP contribution is -2.49. The van der Waals surface area contributed by atoms with Crippen molar-refractivity contribution >= 4 is 5.97 Å². The fraction of sp³-hybridized carbons (Fsp3) is 0.974. The Balaban J connectivity index is 0.00000161. The Kier molecular flexibility index (Phi) is 22.6. The normalized spacial score (nSPS) is 29.9. The van der Waals surface area contributed by atoms with E-state index in [9.17, 15) is 15.0 Å². The van der Waals surface area contributed by atoms with Crippen LogP contribution in [-0.4, -0.2) is 109 Å². The molecule has 10 heteroatoms. The standard InChI is InChI=1S/C29H58N2O6.C8H16O2.C2H6/c1-12-24(29(9,34)16-19(5)30)36-28(33)22(8)26(32)21(7)27(18(4)13-17(2)3)37-25-15-23(31(10)11)14-20(6)35-25;1-7-6-8(2,9-3)4-5-10-7;1-2/h17-27,32,34H,12-16,30H2,1-11H3;7H,4-6H2,1-3H3;1-2H3/t18?,19?,20?,21?,22?,23?,24?,25?,26?,27-,29-;7?,8-;/m01./s1. The minimum absolute atomic E-state index is 0.0671. The second kappa shape index (κ2) is 22.9. The van der Waals surface area contributed by atoms with Crippen molar-refractivity contribution in [2.45, 2.75) is 195 Å². The number of carbonyl (C=O) groups excluding carboxylic acids is 1. The Hall–Kier alpha value is -0.850. The quantitative estimate of drug-likeness (QED) is 0.152. The van der Waals surface area contributed by atoms with E-state index in [4.69, 9.17) is 29.4 Å². The molecular formula is C39H80N2O8. The average molecular weight is 705 g/mol. The molecule has 2 rings (SSSR count). The summed E-state index contributed by atoms with van der Waals surface area (Å²) in [6, 6.07) is 0.127. The van der Waals surface area contributed by atoms with Crippen LogP contribution < -0.4 is 5.73 Å². The smallest absolute Gasteiger partial charge is 0.311 e. The largest absolute Gasteiger partial charge is 0.459 e. The Morgan fingerprint density at radius 3 is 2.12 bits per heavy atom. The third-order valence-corrected chi connectivity index (χ3v) is 10.1. The summed E-state index contributed by atoms with van der Waals surface area (Å²) in [6.45, 7) is 26.6. The van der Waals surface area contributed by atoms with Gasteiger partial charge in [-0.1, -0.05) is 48.5 Å². The molecule has 49 heavy (non-hydrogen) atoms. The average Bonchev–Trinajstić information content (AvgIpc) is 3.01. The van der Waals surface area contributed by atoms with Crippen molar-refractivity contribution in [3.63, 3.8) is 0 Å². The molecule has 13 atom stereocenters. The summed E-state index contributed by atoms with van der Waals surface area (Å²) in [5.41, 5.74) is 4.71. The van der Waals surface area contributed by atoms with E-state index in [-0.39, 0.29) is 42.0 Å². The maximum Gasteiger partial charge on any atom is 0.311 e. The molecule has 294 valence electrons. The Labute approximate surface area is 301 Å². The molecule has 0 radical (unpaired) electrons. The molecule has 0 spiro atoms. The van der Waals surface area contributed by atoms with Gasteiger partial charge in [0.25, 0.3) is 0 Å². The van der Waals surface area contributed by atoms with Crippen LogP contribution in [0.2, 0.25) is 0 Å². The van der Waals surface area contributed by atoms with Gasteiger partial charge in [0.05, 0.1) is 35.9 Å². The van der Waals surface area contributed by atoms with Gasteiger partial charge >= 0.3 is 5.97 Å². The summed E-state index contributed by atoms with van der Waals surface area (Å²) >= 11 is 0. The van der Waals surface area contributed by atoms with E-state index < -0.39 is 29.7 Å². The van der Waals surface area contributed by atoms with Crippen LogP contribution in [0.3, 0.4) is 0 Å². The van der Waals surface area contributed by atoms with Crippen molar-refractivity contribution in [1.82, 2.24) is 4.90 Å². The number of hydrogen-bond acceptors (Lipinski definition) is 10. The van der Waals surface area contributed by atoms with Crippen molar-refractivity contribution < 1.29 is 38.7 Å². The van der Waals surface area contributed by atoms with Gasteiger partial charge in [-0.3, -0.25) is 4.79 Å². The fourth-order valence-electron chi connectivity index (χ4n) is 7.31. The molecule has 2 saturated heterocycles. The van der Waals surface area contributed by atoms with Gasteiger partial charge in [-0.2, -0.15) is 0 Å². The van der Waals surface area contributed by atoms with E-state index in [1.807, 2.05) is 34.6 Å². The highest BCUT2D eigenvalue weighted by Gasteiger charge is 2.41. The predicted octanol–water partition coefficient (Wildman–Crippen LogP) is 6.57. The highest BCUT2D eigenvalue weighted by atomic mass is 16.7. The SMILES string of the molecule is CC.CCC(OC(=O)C(C)C(O)C(C)[C@@H](OC1CC(N(C)C)CC(C)O1)C(C)CC(C)C)[C@@](C)(O)CC(C)N.CO[C@]1(C)CCOC(C)C1. The van der Waals surface area contributed by atoms with Gasteiger partial charge in [0.1, 0.15) is 11.7 Å². The van der Waals surface area contributed by atoms with Crippen molar-refractivity contribution in [2.24, 2.45) is 29.4 Å². The van der Waals surface area contributed by atoms with Crippen LogP contribution >= 0.6 is 0 Å². The predicted molar refractivity (Wildman–Crippen MR) is 199 cm³/mol. The first-order valence-corrected chi connectivity index (χ1v) is 19.2. The van der Waals surface area contributed by atoms with Gasteiger partial charge in [-0.25, -0.2) is 0 Å². The number of aliphatic hydroxyl groups excluding tert-OH is 1. The summed E-state index contributed by atoms with van der Waals surface area (Å²) < 4.78 is 29.3. The fourth-order valence-corrected chi connectivity index (χ4v) is 7.31. The van der Waals surface area contributed by atoms with Gasteiger partial charge in [0.2, 0.25) is 0 Å². The molecule has 0 aromatic heterocycles. The molecule has 0 aromatic rings. The summed E-state index contributed by atoms with van der Waals surface area (Å²) in [5.74, 6) is -1.03. The summed E-state index contributed by atoms with van der Waals surface area (Å²) in [4.78, 5) is 15.3. The molecular weight excluding hydrogens is 624 g/mol. The Bertz CT molecular complexity index is 887. The van der Waals surface area contributed by atoms with E-state index >= 15 is 0 Å². The molecule has 2 heterocycles. The lowest BCUT2D eigenvalue weighted by atomic mass is 9.81. The number of esters is 1. The summed E-state index contributed by atoms with van der Waals surface area (Å²) in [7, 11) is 5.93. The topological polar surface area (TPSA) is 133 Å². The first-order valence-electron chi connectivity index (χ1n) is 19.2. The van der Waals surface area contributed by atoms with Gasteiger partial charge < -0.3 is 44.5 Å². The van der Waals surface area contributed by atoms with Crippen molar-refractivity contribution in [3.05, 3.63) is 0 Å². The van der Waals surface area contributed by atoms with Crippen LogP contribution in [0, 0.1) is 23.7 Å². The molecule has 0 aromatic carbocycles. The van der Waals surface area contributed by atoms with Crippen LogP contribution in [0.15, 0.2) is 0 Å². The summed E-state index contributed by atoms with van der Waals surface area (Å²) in [6.07, 6.45) is 3.52. The Morgan fingerprint density at radius 2 is 1.67 bits per heavy atom. The first-order chi connectivity index (χ1) is 22.7. The molecule has 0 aliphatic carbocycles. The number of hydrogen-bond donors (Lipinski definition) is 3. The molecule has 10 unspecified atom stereocenters. The number of ether oxygens (including phenoxy) is 5. The molecule has 2 aliphatic heterocycles. The minimum atomic E-state index is -1.25. The zero-order valence-corrected chi connectivity index (χ0v) is 34.5. The van der Waals surface area contributed by atoms with Crippen LogP contribution in [0.4, 0.5) is 0 Å². The zero-order valence-electron chi connectivity index (χ0n) is 34.5. The number of nitrogens with two attached hydrogens (primary N) is 1. The van der Waals surface area contributed by atoms with E-state index in [0.29, 0.717) is 30.9 Å². The molecule has 2 aliphatic rings. The highest BCUT2D eigenvalue weighted by molar-refractivity contribution is 5.73. The maximum atomic E-state index is 13.1. The Morgan fingerprint density at radius 1 is 1.08 bits per heavy atom. The van der Waals surface area contributed by atoms with Gasteiger partial charge in [-0.15, -0.1) is 0 Å². The lowest BCUT2D eigenvalue weighted by molar-refractivity contribution is -0.243. The van der Waals surface area contributed by atoms with E-state index in [2.05, 4.69) is 60.5 Å². The molecule has 0 bridgehead atoms. The zero-order chi connectivity index (χ0) is 38.3. The van der Waals surface area contributed by atoms with Crippen LogP contribution in [-0.2, 0) is 28.5 Å². The molecule has 0 amide bonds.